The zero-order valence-electron chi connectivity index (χ0n) is 17.8. The summed E-state index contributed by atoms with van der Waals surface area (Å²) in [5.41, 5.74) is 1.07. The van der Waals surface area contributed by atoms with Gasteiger partial charge in [-0.3, -0.25) is 0 Å². The Kier molecular flexibility index (Phi) is 6.39. The number of thioether (sulfide) groups is 1. The van der Waals surface area contributed by atoms with Crippen LogP contribution in [0.1, 0.15) is 13.8 Å². The number of sulfone groups is 1. The van der Waals surface area contributed by atoms with E-state index in [9.17, 15) is 13.2 Å². The molecule has 0 amide bonds. The number of benzene rings is 3. The van der Waals surface area contributed by atoms with E-state index in [0.29, 0.717) is 6.54 Å². The maximum Gasteiger partial charge on any atom is 0.350 e. The van der Waals surface area contributed by atoms with Gasteiger partial charge in [0.05, 0.1) is 22.2 Å². The van der Waals surface area contributed by atoms with Gasteiger partial charge >= 0.3 is 5.97 Å². The Bertz CT molecular complexity index is 1330. The van der Waals surface area contributed by atoms with Gasteiger partial charge in [0.2, 0.25) is 9.84 Å². The van der Waals surface area contributed by atoms with Crippen molar-refractivity contribution in [1.29, 1.82) is 0 Å². The SMILES string of the molecule is CCOC(=O)/C(=C/C=C1\Sc2c(ccc3ccccc23)N1CC)S(=O)(=O)c1ccccc1. The van der Waals surface area contributed by atoms with Crippen LogP contribution in [0.4, 0.5) is 5.69 Å². The molecule has 1 aliphatic heterocycles. The number of carbonyl (C=O) groups excluding carboxylic acids is 1. The van der Waals surface area contributed by atoms with Crippen LogP contribution in [0.3, 0.4) is 0 Å². The van der Waals surface area contributed by atoms with Crippen molar-refractivity contribution in [3.8, 4) is 0 Å². The van der Waals surface area contributed by atoms with Gasteiger partial charge in [-0.2, -0.15) is 0 Å². The number of esters is 1. The van der Waals surface area contributed by atoms with E-state index in [1.54, 1.807) is 43.0 Å². The fourth-order valence-electron chi connectivity index (χ4n) is 3.62. The molecule has 0 saturated carbocycles. The molecule has 0 radical (unpaired) electrons. The second-order valence-electron chi connectivity index (χ2n) is 7.05. The largest absolute Gasteiger partial charge is 0.462 e. The molecule has 1 heterocycles. The topological polar surface area (TPSA) is 63.7 Å². The monoisotopic (exact) mass is 465 g/mol. The number of carbonyl (C=O) groups is 1. The molecule has 164 valence electrons. The van der Waals surface area contributed by atoms with Crippen molar-refractivity contribution >= 4 is 44.0 Å². The van der Waals surface area contributed by atoms with Crippen LogP contribution in [0.2, 0.25) is 0 Å². The van der Waals surface area contributed by atoms with Crippen LogP contribution < -0.4 is 4.90 Å². The smallest absolute Gasteiger partial charge is 0.350 e. The van der Waals surface area contributed by atoms with Crippen LogP contribution in [0.15, 0.2) is 98.6 Å². The first-order valence-corrected chi connectivity index (χ1v) is 12.6. The first-order chi connectivity index (χ1) is 15.5. The Morgan fingerprint density at radius 2 is 1.72 bits per heavy atom. The van der Waals surface area contributed by atoms with Crippen LogP contribution in [0, 0.1) is 0 Å². The van der Waals surface area contributed by atoms with Gasteiger partial charge in [0.1, 0.15) is 0 Å². The predicted molar refractivity (Wildman–Crippen MR) is 129 cm³/mol. The molecule has 0 bridgehead atoms. The minimum absolute atomic E-state index is 0.0541. The summed E-state index contributed by atoms with van der Waals surface area (Å²) in [6, 6.07) is 20.2. The molecule has 7 heteroatoms. The minimum Gasteiger partial charge on any atom is -0.462 e. The van der Waals surface area contributed by atoms with E-state index < -0.39 is 15.8 Å². The molecule has 0 spiro atoms. The molecule has 4 rings (SSSR count). The third kappa shape index (κ3) is 4.06. The molecule has 3 aromatic rings. The van der Waals surface area contributed by atoms with Crippen LogP contribution >= 0.6 is 11.8 Å². The third-order valence-corrected chi connectivity index (χ3v) is 8.11. The zero-order chi connectivity index (χ0) is 22.7. The number of anilines is 1. The first kappa shape index (κ1) is 22.2. The molecular formula is C25H23NO4S2. The fraction of sp³-hybridized carbons (Fsp3) is 0.160. The van der Waals surface area contributed by atoms with E-state index in [-0.39, 0.29) is 16.4 Å². The number of fused-ring (bicyclic) bond motifs is 3. The van der Waals surface area contributed by atoms with Crippen molar-refractivity contribution in [3.05, 3.63) is 88.8 Å². The summed E-state index contributed by atoms with van der Waals surface area (Å²) in [6.45, 7) is 4.48. The quantitative estimate of drug-likeness (QED) is 0.352. The van der Waals surface area contributed by atoms with Gasteiger partial charge in [0.15, 0.2) is 4.91 Å². The van der Waals surface area contributed by atoms with E-state index in [4.69, 9.17) is 4.74 Å². The Balaban J connectivity index is 1.79. The molecule has 1 aliphatic rings. The van der Waals surface area contributed by atoms with E-state index >= 15 is 0 Å². The highest BCUT2D eigenvalue weighted by Crippen LogP contribution is 2.49. The van der Waals surface area contributed by atoms with Gasteiger partial charge < -0.3 is 9.64 Å². The standard InChI is InChI=1S/C25H23NO4S2/c1-3-26-21-15-14-18-10-8-9-13-20(18)24(21)31-23(26)17-16-22(25(27)30-4-2)32(28,29)19-11-6-5-7-12-19/h5-17H,3-4H2,1-2H3/b22-16-,23-17-. The minimum atomic E-state index is -4.03. The normalized spacial score (nSPS) is 15.2. The van der Waals surface area contributed by atoms with Crippen LogP contribution in [-0.2, 0) is 19.4 Å². The van der Waals surface area contributed by atoms with Crippen molar-refractivity contribution in [3.63, 3.8) is 0 Å². The number of rotatable bonds is 6. The second-order valence-corrected chi connectivity index (χ2v) is 10.0. The molecule has 0 fully saturated rings. The lowest BCUT2D eigenvalue weighted by Crippen LogP contribution is -2.18. The van der Waals surface area contributed by atoms with Gasteiger partial charge in [0, 0.05) is 11.4 Å². The lowest BCUT2D eigenvalue weighted by atomic mass is 10.1. The van der Waals surface area contributed by atoms with E-state index in [2.05, 4.69) is 29.2 Å². The lowest BCUT2D eigenvalue weighted by molar-refractivity contribution is -0.137. The fourth-order valence-corrected chi connectivity index (χ4v) is 6.18. The van der Waals surface area contributed by atoms with E-state index in [1.807, 2.05) is 19.1 Å². The average molecular weight is 466 g/mol. The molecule has 0 aliphatic carbocycles. The van der Waals surface area contributed by atoms with Crippen molar-refractivity contribution in [2.24, 2.45) is 0 Å². The average Bonchev–Trinajstić information content (AvgIpc) is 3.17. The van der Waals surface area contributed by atoms with Crippen molar-refractivity contribution < 1.29 is 17.9 Å². The Labute approximate surface area is 192 Å². The number of nitrogens with zero attached hydrogens (tertiary/aromatic N) is 1. The summed E-state index contributed by atoms with van der Waals surface area (Å²) in [6.07, 6.45) is 3.05. The highest BCUT2D eigenvalue weighted by Gasteiger charge is 2.29. The lowest BCUT2D eigenvalue weighted by Gasteiger charge is -2.18. The van der Waals surface area contributed by atoms with Gasteiger partial charge in [-0.25, -0.2) is 13.2 Å². The van der Waals surface area contributed by atoms with Gasteiger partial charge in [-0.15, -0.1) is 0 Å². The highest BCUT2D eigenvalue weighted by molar-refractivity contribution is 8.04. The summed E-state index contributed by atoms with van der Waals surface area (Å²) < 4.78 is 31.4. The van der Waals surface area contributed by atoms with Crippen LogP contribution in [0.25, 0.3) is 10.8 Å². The van der Waals surface area contributed by atoms with Crippen molar-refractivity contribution in [2.45, 2.75) is 23.6 Å². The summed E-state index contributed by atoms with van der Waals surface area (Å²) in [5.74, 6) is -0.859. The molecule has 0 unspecified atom stereocenters. The van der Waals surface area contributed by atoms with Crippen LogP contribution in [-0.4, -0.2) is 27.5 Å². The maximum absolute atomic E-state index is 13.2. The maximum atomic E-state index is 13.2. The molecule has 32 heavy (non-hydrogen) atoms. The Hall–Kier alpha value is -3.03. The van der Waals surface area contributed by atoms with Crippen LogP contribution in [0.5, 0.6) is 0 Å². The molecular weight excluding hydrogens is 442 g/mol. The molecule has 0 N–H and O–H groups in total. The molecule has 0 atom stereocenters. The highest BCUT2D eigenvalue weighted by atomic mass is 32.2. The van der Waals surface area contributed by atoms with E-state index in [0.717, 1.165) is 26.4 Å². The van der Waals surface area contributed by atoms with Gasteiger partial charge in [-0.05, 0) is 55.0 Å². The molecule has 0 saturated heterocycles. The third-order valence-electron chi connectivity index (χ3n) is 5.14. The van der Waals surface area contributed by atoms with Crippen molar-refractivity contribution in [1.82, 2.24) is 0 Å². The molecule has 5 nitrogen and oxygen atoms in total. The number of hydrogen-bond acceptors (Lipinski definition) is 6. The van der Waals surface area contributed by atoms with Gasteiger partial charge in [0.25, 0.3) is 0 Å². The molecule has 3 aromatic carbocycles. The zero-order valence-corrected chi connectivity index (χ0v) is 19.4. The van der Waals surface area contributed by atoms with Crippen molar-refractivity contribution in [2.75, 3.05) is 18.1 Å². The first-order valence-electron chi connectivity index (χ1n) is 10.3. The predicted octanol–water partition coefficient (Wildman–Crippen LogP) is 5.53. The Morgan fingerprint density at radius 1 is 1.00 bits per heavy atom. The Morgan fingerprint density at radius 3 is 2.44 bits per heavy atom. The summed E-state index contributed by atoms with van der Waals surface area (Å²) in [7, 11) is -4.03. The summed E-state index contributed by atoms with van der Waals surface area (Å²) in [5, 5.41) is 3.14. The van der Waals surface area contributed by atoms with E-state index in [1.165, 1.54) is 18.2 Å². The second kappa shape index (κ2) is 9.22. The summed E-state index contributed by atoms with van der Waals surface area (Å²) >= 11 is 1.57. The number of hydrogen-bond donors (Lipinski definition) is 0. The molecule has 0 aromatic heterocycles. The number of ether oxygens (including phenoxy) is 1. The van der Waals surface area contributed by atoms with Gasteiger partial charge in [-0.1, -0.05) is 60.3 Å². The number of allylic oxidation sites excluding steroid dienone is 2. The summed E-state index contributed by atoms with van der Waals surface area (Å²) in [4.78, 5) is 15.5.